The highest BCUT2D eigenvalue weighted by Crippen LogP contribution is 2.33. The Bertz CT molecular complexity index is 1360. The van der Waals surface area contributed by atoms with Crippen LogP contribution in [0.1, 0.15) is 59.9 Å². The van der Waals surface area contributed by atoms with E-state index in [1.807, 2.05) is 42.9 Å². The second-order valence-corrected chi connectivity index (χ2v) is 8.51. The number of hydrogen-bond donors (Lipinski definition) is 1. The lowest BCUT2D eigenvalue weighted by molar-refractivity contribution is 0.101. The van der Waals surface area contributed by atoms with Gasteiger partial charge in [0.15, 0.2) is 11.5 Å². The van der Waals surface area contributed by atoms with Crippen molar-refractivity contribution in [3.05, 3.63) is 57.8 Å². The highest BCUT2D eigenvalue weighted by atomic mass is 16.5. The third-order valence-electron chi connectivity index (χ3n) is 6.61. The lowest BCUT2D eigenvalue weighted by Gasteiger charge is -2.24. The summed E-state index contributed by atoms with van der Waals surface area (Å²) < 4.78 is 14.8. The topological polar surface area (TPSA) is 95.2 Å². The zero-order valence-electron chi connectivity index (χ0n) is 18.5. The molecule has 3 aromatic heterocycles. The van der Waals surface area contributed by atoms with E-state index in [1.54, 1.807) is 17.9 Å². The summed E-state index contributed by atoms with van der Waals surface area (Å²) in [7, 11) is 1.87. The number of amides is 1. The van der Waals surface area contributed by atoms with Crippen molar-refractivity contribution < 1.29 is 13.7 Å². The Morgan fingerprint density at radius 1 is 1.16 bits per heavy atom. The van der Waals surface area contributed by atoms with Gasteiger partial charge in [0.2, 0.25) is 0 Å². The van der Waals surface area contributed by atoms with Gasteiger partial charge in [-0.15, -0.1) is 0 Å². The van der Waals surface area contributed by atoms with Crippen LogP contribution in [0, 0.1) is 13.8 Å². The average Bonchev–Trinajstić information content (AvgIpc) is 3.48. The van der Waals surface area contributed by atoms with E-state index in [-0.39, 0.29) is 17.3 Å². The third kappa shape index (κ3) is 3.18. The zero-order chi connectivity index (χ0) is 22.4. The summed E-state index contributed by atoms with van der Waals surface area (Å²) in [4.78, 5) is 26.3. The van der Waals surface area contributed by atoms with Gasteiger partial charge < -0.3 is 14.3 Å². The van der Waals surface area contributed by atoms with Gasteiger partial charge in [0.05, 0.1) is 23.6 Å². The van der Waals surface area contributed by atoms with Crippen LogP contribution in [-0.2, 0) is 7.05 Å². The van der Waals surface area contributed by atoms with E-state index in [0.29, 0.717) is 22.6 Å². The Labute approximate surface area is 184 Å². The summed E-state index contributed by atoms with van der Waals surface area (Å²) in [6.45, 7) is 3.62. The SMILES string of the molecule is Cc1c(C(=O)Nc2c(C)n(C)n(C3CCCCC3)c2=O)noc1-c1cccc2ccoc12. The first-order valence-corrected chi connectivity index (χ1v) is 11.0. The molecule has 1 aromatic carbocycles. The van der Waals surface area contributed by atoms with E-state index in [9.17, 15) is 9.59 Å². The number of furan rings is 1. The fourth-order valence-electron chi connectivity index (χ4n) is 4.75. The van der Waals surface area contributed by atoms with Crippen molar-refractivity contribution in [3.63, 3.8) is 0 Å². The van der Waals surface area contributed by atoms with E-state index in [1.165, 1.54) is 6.42 Å². The summed E-state index contributed by atoms with van der Waals surface area (Å²) in [5.74, 6) is 0.00538. The van der Waals surface area contributed by atoms with Gasteiger partial charge in [-0.2, -0.15) is 0 Å². The molecule has 5 rings (SSSR count). The van der Waals surface area contributed by atoms with E-state index in [4.69, 9.17) is 8.94 Å². The molecule has 1 saturated carbocycles. The maximum atomic E-state index is 13.2. The number of aromatic nitrogens is 3. The van der Waals surface area contributed by atoms with Crippen LogP contribution in [0.4, 0.5) is 5.69 Å². The molecule has 1 amide bonds. The molecule has 1 fully saturated rings. The van der Waals surface area contributed by atoms with Crippen molar-refractivity contribution in [2.75, 3.05) is 5.32 Å². The standard InChI is InChI=1S/C24H26N4O4/c1-14-19(26-32-21(14)18-11-7-8-16-12-13-31-22(16)18)23(29)25-20-15(2)27(3)28(24(20)30)17-9-5-4-6-10-17/h7-8,11-13,17H,4-6,9-10H2,1-3H3,(H,25,29). The molecule has 8 nitrogen and oxygen atoms in total. The fraction of sp³-hybridized carbons (Fsp3) is 0.375. The van der Waals surface area contributed by atoms with E-state index >= 15 is 0 Å². The minimum Gasteiger partial charge on any atom is -0.464 e. The lowest BCUT2D eigenvalue weighted by Crippen LogP contribution is -2.29. The van der Waals surface area contributed by atoms with Crippen LogP contribution in [0.15, 0.2) is 44.3 Å². The Hall–Kier alpha value is -3.55. The number of anilines is 1. The van der Waals surface area contributed by atoms with Crippen LogP contribution in [-0.4, -0.2) is 20.4 Å². The Balaban J connectivity index is 1.47. The number of hydrogen-bond acceptors (Lipinski definition) is 5. The molecule has 0 atom stereocenters. The van der Waals surface area contributed by atoms with Crippen LogP contribution < -0.4 is 10.9 Å². The number of carbonyl (C=O) groups excluding carboxylic acids is 1. The normalized spacial score (nSPS) is 14.8. The van der Waals surface area contributed by atoms with Gasteiger partial charge in [0.25, 0.3) is 11.5 Å². The second kappa shape index (κ2) is 7.85. The average molecular weight is 434 g/mol. The van der Waals surface area contributed by atoms with Gasteiger partial charge in [-0.25, -0.2) is 4.68 Å². The minimum absolute atomic E-state index is 0.149. The fourth-order valence-corrected chi connectivity index (χ4v) is 4.75. The van der Waals surface area contributed by atoms with Gasteiger partial charge >= 0.3 is 0 Å². The largest absolute Gasteiger partial charge is 0.464 e. The number of para-hydroxylation sites is 1. The van der Waals surface area contributed by atoms with E-state index in [0.717, 1.165) is 42.3 Å². The molecule has 1 aliphatic carbocycles. The van der Waals surface area contributed by atoms with Crippen LogP contribution in [0.2, 0.25) is 0 Å². The predicted octanol–water partition coefficient (Wildman–Crippen LogP) is 4.96. The minimum atomic E-state index is -0.467. The van der Waals surface area contributed by atoms with Crippen LogP contribution in [0.25, 0.3) is 22.3 Å². The van der Waals surface area contributed by atoms with Crippen molar-refractivity contribution >= 4 is 22.6 Å². The number of carbonyl (C=O) groups is 1. The van der Waals surface area contributed by atoms with E-state index in [2.05, 4.69) is 10.5 Å². The molecule has 0 unspecified atom stereocenters. The zero-order valence-corrected chi connectivity index (χ0v) is 18.5. The van der Waals surface area contributed by atoms with Crippen molar-refractivity contribution in [1.29, 1.82) is 0 Å². The Kier molecular flexibility index (Phi) is 5.00. The van der Waals surface area contributed by atoms with Crippen molar-refractivity contribution in [2.24, 2.45) is 7.05 Å². The monoisotopic (exact) mass is 434 g/mol. The highest BCUT2D eigenvalue weighted by Gasteiger charge is 2.27. The molecule has 1 aliphatic rings. The molecule has 0 aliphatic heterocycles. The molecular formula is C24H26N4O4. The molecule has 0 spiro atoms. The lowest BCUT2D eigenvalue weighted by atomic mass is 9.96. The van der Waals surface area contributed by atoms with Gasteiger partial charge in [0, 0.05) is 18.0 Å². The van der Waals surface area contributed by atoms with Crippen LogP contribution >= 0.6 is 0 Å². The number of fused-ring (bicyclic) bond motifs is 1. The van der Waals surface area contributed by atoms with Gasteiger partial charge in [-0.3, -0.25) is 14.3 Å². The highest BCUT2D eigenvalue weighted by molar-refractivity contribution is 6.05. The number of nitrogens with zero attached hydrogens (tertiary/aromatic N) is 3. The first-order chi connectivity index (χ1) is 15.5. The summed E-state index contributed by atoms with van der Waals surface area (Å²) >= 11 is 0. The molecule has 1 N–H and O–H groups in total. The Morgan fingerprint density at radius 3 is 2.72 bits per heavy atom. The van der Waals surface area contributed by atoms with Crippen LogP contribution in [0.3, 0.4) is 0 Å². The molecule has 0 saturated heterocycles. The van der Waals surface area contributed by atoms with Crippen molar-refractivity contribution in [2.45, 2.75) is 52.0 Å². The summed E-state index contributed by atoms with van der Waals surface area (Å²) in [6, 6.07) is 7.74. The summed E-state index contributed by atoms with van der Waals surface area (Å²) in [5.41, 5.74) is 2.98. The second-order valence-electron chi connectivity index (χ2n) is 8.51. The third-order valence-corrected chi connectivity index (χ3v) is 6.61. The van der Waals surface area contributed by atoms with Gasteiger partial charge in [0.1, 0.15) is 11.3 Å². The maximum Gasteiger partial charge on any atom is 0.291 e. The number of nitrogens with one attached hydrogen (secondary N) is 1. The summed E-state index contributed by atoms with van der Waals surface area (Å²) in [6.07, 6.45) is 7.02. The number of rotatable bonds is 4. The first kappa shape index (κ1) is 20.4. The molecule has 32 heavy (non-hydrogen) atoms. The van der Waals surface area contributed by atoms with Gasteiger partial charge in [-0.05, 0) is 38.8 Å². The quantitative estimate of drug-likeness (QED) is 0.490. The summed E-state index contributed by atoms with van der Waals surface area (Å²) in [5, 5.41) is 7.74. The molecular weight excluding hydrogens is 408 g/mol. The van der Waals surface area contributed by atoms with Crippen molar-refractivity contribution in [3.8, 4) is 11.3 Å². The van der Waals surface area contributed by atoms with Crippen molar-refractivity contribution in [1.82, 2.24) is 14.5 Å². The smallest absolute Gasteiger partial charge is 0.291 e. The molecule has 4 aromatic rings. The van der Waals surface area contributed by atoms with Gasteiger partial charge in [-0.1, -0.05) is 36.6 Å². The predicted molar refractivity (Wildman–Crippen MR) is 121 cm³/mol. The van der Waals surface area contributed by atoms with Crippen LogP contribution in [0.5, 0.6) is 0 Å². The molecule has 0 bridgehead atoms. The molecule has 166 valence electrons. The molecule has 3 heterocycles. The van der Waals surface area contributed by atoms with E-state index < -0.39 is 5.91 Å². The molecule has 0 radical (unpaired) electrons. The first-order valence-electron chi connectivity index (χ1n) is 11.0. The number of benzene rings is 1. The Morgan fingerprint density at radius 2 is 1.94 bits per heavy atom. The molecule has 8 heteroatoms. The maximum absolute atomic E-state index is 13.2.